The lowest BCUT2D eigenvalue weighted by Gasteiger charge is -2.03. The molecule has 0 spiro atoms. The Bertz CT molecular complexity index is 899. The van der Waals surface area contributed by atoms with Crippen molar-refractivity contribution in [3.63, 3.8) is 0 Å². The first-order valence-corrected chi connectivity index (χ1v) is 9.73. The van der Waals surface area contributed by atoms with Crippen molar-refractivity contribution in [3.8, 4) is 17.1 Å². The molecule has 6 nitrogen and oxygen atoms in total. The van der Waals surface area contributed by atoms with Crippen LogP contribution in [0.5, 0.6) is 5.75 Å². The largest absolute Gasteiger partial charge is 0.497 e. The normalized spacial score (nSPS) is 10.6. The van der Waals surface area contributed by atoms with E-state index in [4.69, 9.17) is 20.9 Å². The number of ether oxygens (including phenoxy) is 1. The van der Waals surface area contributed by atoms with Crippen LogP contribution in [0.3, 0.4) is 0 Å². The zero-order valence-corrected chi connectivity index (χ0v) is 16.2. The number of thioether (sulfide) groups is 1. The first-order valence-electron chi connectivity index (χ1n) is 8.20. The van der Waals surface area contributed by atoms with E-state index >= 15 is 0 Å². The third kappa shape index (κ3) is 5.74. The van der Waals surface area contributed by atoms with Crippen LogP contribution in [0, 0.1) is 0 Å². The van der Waals surface area contributed by atoms with Gasteiger partial charge in [-0.3, -0.25) is 4.79 Å². The maximum atomic E-state index is 12.0. The quantitative estimate of drug-likeness (QED) is 0.613. The summed E-state index contributed by atoms with van der Waals surface area (Å²) in [5.41, 5.74) is 1.91. The number of nitrogens with zero attached hydrogens (tertiary/aromatic N) is 2. The number of halogens is 1. The van der Waals surface area contributed by atoms with E-state index < -0.39 is 0 Å². The second-order valence-electron chi connectivity index (χ2n) is 5.64. The summed E-state index contributed by atoms with van der Waals surface area (Å²) < 4.78 is 10.4. The van der Waals surface area contributed by atoms with E-state index in [2.05, 4.69) is 15.5 Å². The van der Waals surface area contributed by atoms with Gasteiger partial charge >= 0.3 is 0 Å². The van der Waals surface area contributed by atoms with Crippen LogP contribution in [-0.2, 0) is 17.1 Å². The minimum atomic E-state index is -0.0879. The Morgan fingerprint density at radius 3 is 2.85 bits per heavy atom. The Kier molecular flexibility index (Phi) is 6.73. The zero-order valence-electron chi connectivity index (χ0n) is 14.6. The number of carbonyl (C=O) groups excluding carboxylic acids is 1. The lowest BCUT2D eigenvalue weighted by molar-refractivity contribution is -0.118. The van der Waals surface area contributed by atoms with Crippen LogP contribution in [0.25, 0.3) is 11.4 Å². The molecule has 0 saturated carbocycles. The predicted octanol–water partition coefficient (Wildman–Crippen LogP) is 3.95. The molecule has 1 N–H and O–H groups in total. The molecule has 3 aromatic rings. The fraction of sp³-hybridized carbons (Fsp3) is 0.211. The molecule has 0 fully saturated rings. The SMILES string of the molecule is COc1cccc(-c2noc(CNC(=O)CSCc3ccc(Cl)cc3)n2)c1. The maximum Gasteiger partial charge on any atom is 0.246 e. The number of hydrogen-bond acceptors (Lipinski definition) is 6. The summed E-state index contributed by atoms with van der Waals surface area (Å²) in [5.74, 6) is 2.52. The molecule has 2 aromatic carbocycles. The van der Waals surface area contributed by atoms with Gasteiger partial charge in [0.15, 0.2) is 0 Å². The molecule has 3 rings (SSSR count). The fourth-order valence-corrected chi connectivity index (χ4v) is 3.22. The van der Waals surface area contributed by atoms with Crippen LogP contribution < -0.4 is 10.1 Å². The molecule has 0 bridgehead atoms. The van der Waals surface area contributed by atoms with Crippen LogP contribution in [0.4, 0.5) is 0 Å². The zero-order chi connectivity index (χ0) is 19.1. The number of rotatable bonds is 8. The van der Waals surface area contributed by atoms with E-state index in [1.807, 2.05) is 48.5 Å². The molecule has 0 aliphatic heterocycles. The molecule has 27 heavy (non-hydrogen) atoms. The first kappa shape index (κ1) is 19.3. The van der Waals surface area contributed by atoms with Crippen molar-refractivity contribution >= 4 is 29.3 Å². The number of carbonyl (C=O) groups is 1. The number of hydrogen-bond donors (Lipinski definition) is 1. The van der Waals surface area contributed by atoms with E-state index in [-0.39, 0.29) is 12.5 Å². The average molecular weight is 404 g/mol. The van der Waals surface area contributed by atoms with Gasteiger partial charge in [0.05, 0.1) is 19.4 Å². The highest BCUT2D eigenvalue weighted by atomic mass is 35.5. The van der Waals surface area contributed by atoms with E-state index in [0.717, 1.165) is 16.9 Å². The summed E-state index contributed by atoms with van der Waals surface area (Å²) in [7, 11) is 1.60. The van der Waals surface area contributed by atoms with Gasteiger partial charge in [-0.1, -0.05) is 41.0 Å². The molecule has 0 saturated heterocycles. The number of aromatic nitrogens is 2. The smallest absolute Gasteiger partial charge is 0.246 e. The highest BCUT2D eigenvalue weighted by Gasteiger charge is 2.10. The summed E-state index contributed by atoms with van der Waals surface area (Å²) in [6.07, 6.45) is 0. The molecule has 0 radical (unpaired) electrons. The Balaban J connectivity index is 1.45. The third-order valence-electron chi connectivity index (χ3n) is 3.65. The Morgan fingerprint density at radius 1 is 1.26 bits per heavy atom. The molecule has 0 atom stereocenters. The third-order valence-corrected chi connectivity index (χ3v) is 4.90. The van der Waals surface area contributed by atoms with E-state index in [1.54, 1.807) is 7.11 Å². The van der Waals surface area contributed by atoms with Crippen LogP contribution >= 0.6 is 23.4 Å². The van der Waals surface area contributed by atoms with Gasteiger partial charge in [-0.2, -0.15) is 4.98 Å². The standard InChI is InChI=1S/C19H18ClN3O3S/c1-25-16-4-2-3-14(9-16)19-22-18(26-23-19)10-21-17(24)12-27-11-13-5-7-15(20)8-6-13/h2-9H,10-12H2,1H3,(H,21,24). The molecule has 1 heterocycles. The molecule has 0 unspecified atom stereocenters. The van der Waals surface area contributed by atoms with E-state index in [0.29, 0.717) is 28.2 Å². The number of nitrogens with one attached hydrogen (secondary N) is 1. The van der Waals surface area contributed by atoms with Crippen molar-refractivity contribution < 1.29 is 14.1 Å². The lowest BCUT2D eigenvalue weighted by atomic mass is 10.2. The Morgan fingerprint density at radius 2 is 2.07 bits per heavy atom. The van der Waals surface area contributed by atoms with Gasteiger partial charge < -0.3 is 14.6 Å². The van der Waals surface area contributed by atoms with Crippen LogP contribution in [-0.4, -0.2) is 28.9 Å². The summed E-state index contributed by atoms with van der Waals surface area (Å²) >= 11 is 7.38. The highest BCUT2D eigenvalue weighted by molar-refractivity contribution is 7.99. The second kappa shape index (κ2) is 9.43. The Hall–Kier alpha value is -2.51. The first-order chi connectivity index (χ1) is 13.1. The van der Waals surface area contributed by atoms with Crippen LogP contribution in [0.1, 0.15) is 11.5 Å². The molecule has 140 valence electrons. The summed E-state index contributed by atoms with van der Waals surface area (Å²) in [6.45, 7) is 0.192. The van der Waals surface area contributed by atoms with Gasteiger partial charge in [0.1, 0.15) is 5.75 Å². The molecule has 8 heteroatoms. The number of methoxy groups -OCH3 is 1. The lowest BCUT2D eigenvalue weighted by Crippen LogP contribution is -2.24. The fourth-order valence-electron chi connectivity index (χ4n) is 2.27. The van der Waals surface area contributed by atoms with E-state index in [9.17, 15) is 4.79 Å². The van der Waals surface area contributed by atoms with Crippen molar-refractivity contribution in [3.05, 3.63) is 65.0 Å². The minimum Gasteiger partial charge on any atom is -0.497 e. The molecular weight excluding hydrogens is 386 g/mol. The van der Waals surface area contributed by atoms with Gasteiger partial charge in [-0.05, 0) is 29.8 Å². The van der Waals surface area contributed by atoms with Crippen molar-refractivity contribution in [2.75, 3.05) is 12.9 Å². The van der Waals surface area contributed by atoms with Crippen LogP contribution in [0.2, 0.25) is 5.02 Å². The topological polar surface area (TPSA) is 77.3 Å². The second-order valence-corrected chi connectivity index (χ2v) is 7.06. The maximum absolute atomic E-state index is 12.0. The molecule has 0 aliphatic carbocycles. The van der Waals surface area contributed by atoms with Crippen molar-refractivity contribution in [1.29, 1.82) is 0 Å². The number of amides is 1. The van der Waals surface area contributed by atoms with E-state index in [1.165, 1.54) is 11.8 Å². The van der Waals surface area contributed by atoms with Crippen molar-refractivity contribution in [2.45, 2.75) is 12.3 Å². The highest BCUT2D eigenvalue weighted by Crippen LogP contribution is 2.21. The van der Waals surface area contributed by atoms with Crippen LogP contribution in [0.15, 0.2) is 53.1 Å². The number of benzene rings is 2. The van der Waals surface area contributed by atoms with Crippen molar-refractivity contribution in [2.24, 2.45) is 0 Å². The molecule has 0 aliphatic rings. The predicted molar refractivity (Wildman–Crippen MR) is 106 cm³/mol. The molecular formula is C19H18ClN3O3S. The minimum absolute atomic E-state index is 0.0879. The monoisotopic (exact) mass is 403 g/mol. The molecule has 1 aromatic heterocycles. The summed E-state index contributed by atoms with van der Waals surface area (Å²) in [4.78, 5) is 16.3. The Labute approximate surface area is 166 Å². The summed E-state index contributed by atoms with van der Waals surface area (Å²) in [5, 5.41) is 7.42. The van der Waals surface area contributed by atoms with Gasteiger partial charge in [0.25, 0.3) is 0 Å². The van der Waals surface area contributed by atoms with Gasteiger partial charge in [-0.15, -0.1) is 11.8 Å². The average Bonchev–Trinajstić information content (AvgIpc) is 3.17. The van der Waals surface area contributed by atoms with Gasteiger partial charge in [-0.25, -0.2) is 0 Å². The van der Waals surface area contributed by atoms with Gasteiger partial charge in [0.2, 0.25) is 17.6 Å². The van der Waals surface area contributed by atoms with Gasteiger partial charge in [0, 0.05) is 16.3 Å². The molecule has 1 amide bonds. The van der Waals surface area contributed by atoms with Crippen molar-refractivity contribution in [1.82, 2.24) is 15.5 Å². The summed E-state index contributed by atoms with van der Waals surface area (Å²) in [6, 6.07) is 15.0.